The Hall–Kier alpha value is -1.46. The van der Waals surface area contributed by atoms with E-state index in [1.54, 1.807) is 6.92 Å². The van der Waals surface area contributed by atoms with Crippen molar-refractivity contribution in [2.45, 2.75) is 50.2 Å². The standard InChI is InChI=1S/C16H19BrF3N3O3S/c1-9(13-21-22-14(26-13)15(2,3)4)23(5)27(24,25)12-7-6-10(8-11(12)17)16(18,19)20/h6-9H,1-5H3/t9-/m0/s1. The summed E-state index contributed by atoms with van der Waals surface area (Å²) in [6, 6.07) is 1.56. The Labute approximate surface area is 163 Å². The molecule has 0 aliphatic rings. The Morgan fingerprint density at radius 2 is 1.78 bits per heavy atom. The maximum absolute atomic E-state index is 12.9. The van der Waals surface area contributed by atoms with Gasteiger partial charge in [-0.25, -0.2) is 8.42 Å². The Morgan fingerprint density at radius 3 is 2.22 bits per heavy atom. The number of hydrogen-bond acceptors (Lipinski definition) is 5. The fourth-order valence-corrected chi connectivity index (χ4v) is 4.47. The number of hydrogen-bond donors (Lipinski definition) is 0. The van der Waals surface area contributed by atoms with Crippen molar-refractivity contribution in [3.8, 4) is 0 Å². The number of rotatable bonds is 4. The van der Waals surface area contributed by atoms with Gasteiger partial charge in [-0.15, -0.1) is 10.2 Å². The number of halogens is 4. The van der Waals surface area contributed by atoms with Crippen LogP contribution in [0.1, 0.15) is 51.1 Å². The van der Waals surface area contributed by atoms with Gasteiger partial charge in [-0.3, -0.25) is 0 Å². The van der Waals surface area contributed by atoms with Crippen molar-refractivity contribution in [3.05, 3.63) is 40.0 Å². The lowest BCUT2D eigenvalue weighted by atomic mass is 9.97. The van der Waals surface area contributed by atoms with E-state index >= 15 is 0 Å². The number of sulfonamides is 1. The van der Waals surface area contributed by atoms with Crippen LogP contribution in [-0.2, 0) is 21.6 Å². The summed E-state index contributed by atoms with van der Waals surface area (Å²) in [5, 5.41) is 7.83. The minimum atomic E-state index is -4.57. The van der Waals surface area contributed by atoms with Crippen molar-refractivity contribution >= 4 is 26.0 Å². The number of nitrogens with zero attached hydrogens (tertiary/aromatic N) is 3. The minimum Gasteiger partial charge on any atom is -0.423 e. The van der Waals surface area contributed by atoms with Gasteiger partial charge < -0.3 is 4.42 Å². The van der Waals surface area contributed by atoms with Crippen LogP contribution in [0.25, 0.3) is 0 Å². The van der Waals surface area contributed by atoms with Gasteiger partial charge in [0.25, 0.3) is 0 Å². The molecule has 6 nitrogen and oxygen atoms in total. The second-order valence-electron chi connectivity index (χ2n) is 7.04. The number of aromatic nitrogens is 2. The molecular weight excluding hydrogens is 451 g/mol. The Kier molecular flexibility index (Phi) is 5.80. The van der Waals surface area contributed by atoms with E-state index in [0.29, 0.717) is 5.89 Å². The van der Waals surface area contributed by atoms with Crippen molar-refractivity contribution < 1.29 is 26.0 Å². The molecule has 0 bridgehead atoms. The fourth-order valence-electron chi connectivity index (χ4n) is 2.11. The Balaban J connectivity index is 2.37. The molecule has 0 radical (unpaired) electrons. The van der Waals surface area contributed by atoms with Crippen LogP contribution in [-0.4, -0.2) is 30.0 Å². The van der Waals surface area contributed by atoms with E-state index in [2.05, 4.69) is 26.1 Å². The molecule has 1 aromatic carbocycles. The molecule has 0 aliphatic heterocycles. The molecule has 27 heavy (non-hydrogen) atoms. The monoisotopic (exact) mass is 469 g/mol. The smallest absolute Gasteiger partial charge is 0.416 e. The largest absolute Gasteiger partial charge is 0.423 e. The van der Waals surface area contributed by atoms with Crippen molar-refractivity contribution in [3.63, 3.8) is 0 Å². The molecule has 150 valence electrons. The minimum absolute atomic E-state index is 0.0917. The van der Waals surface area contributed by atoms with Gasteiger partial charge in [-0.1, -0.05) is 20.8 Å². The summed E-state index contributed by atoms with van der Waals surface area (Å²) in [7, 11) is -2.82. The van der Waals surface area contributed by atoms with Gasteiger partial charge in [-0.05, 0) is 41.1 Å². The predicted molar refractivity (Wildman–Crippen MR) is 95.5 cm³/mol. The molecule has 0 unspecified atom stereocenters. The van der Waals surface area contributed by atoms with Gasteiger partial charge >= 0.3 is 6.18 Å². The highest BCUT2D eigenvalue weighted by Crippen LogP contribution is 2.35. The van der Waals surface area contributed by atoms with Crippen LogP contribution < -0.4 is 0 Å². The van der Waals surface area contributed by atoms with Crippen LogP contribution in [0, 0.1) is 0 Å². The summed E-state index contributed by atoms with van der Waals surface area (Å²) >= 11 is 2.92. The molecule has 1 aromatic heterocycles. The zero-order chi connectivity index (χ0) is 20.8. The summed E-state index contributed by atoms with van der Waals surface area (Å²) < 4.78 is 70.5. The fraction of sp³-hybridized carbons (Fsp3) is 0.500. The molecular formula is C16H19BrF3N3O3S. The highest BCUT2D eigenvalue weighted by molar-refractivity contribution is 9.10. The lowest BCUT2D eigenvalue weighted by Gasteiger charge is -2.22. The van der Waals surface area contributed by atoms with Gasteiger partial charge in [0, 0.05) is 16.9 Å². The highest BCUT2D eigenvalue weighted by atomic mass is 79.9. The van der Waals surface area contributed by atoms with Crippen LogP contribution in [0.3, 0.4) is 0 Å². The molecule has 1 atom stereocenters. The first-order valence-electron chi connectivity index (χ1n) is 7.84. The molecule has 0 saturated carbocycles. The average Bonchev–Trinajstić information content (AvgIpc) is 3.02. The van der Waals surface area contributed by atoms with E-state index in [-0.39, 0.29) is 15.3 Å². The Morgan fingerprint density at radius 1 is 1.19 bits per heavy atom. The van der Waals surface area contributed by atoms with Crippen molar-refractivity contribution in [2.75, 3.05) is 7.05 Å². The average molecular weight is 470 g/mol. The first-order valence-corrected chi connectivity index (χ1v) is 10.1. The number of alkyl halides is 3. The topological polar surface area (TPSA) is 76.3 Å². The molecule has 0 amide bonds. The van der Waals surface area contributed by atoms with Gasteiger partial charge in [0.2, 0.25) is 21.8 Å². The lowest BCUT2D eigenvalue weighted by molar-refractivity contribution is -0.137. The SMILES string of the molecule is C[C@@H](c1nnc(C(C)(C)C)o1)N(C)S(=O)(=O)c1ccc(C(F)(F)F)cc1Br. The van der Waals surface area contributed by atoms with Crippen LogP contribution >= 0.6 is 15.9 Å². The van der Waals surface area contributed by atoms with Gasteiger partial charge in [0.1, 0.15) is 6.04 Å². The van der Waals surface area contributed by atoms with Crippen LogP contribution in [0.4, 0.5) is 13.2 Å². The van der Waals surface area contributed by atoms with E-state index in [1.807, 2.05) is 20.8 Å². The van der Waals surface area contributed by atoms with Crippen LogP contribution in [0.5, 0.6) is 0 Å². The van der Waals surface area contributed by atoms with Crippen LogP contribution in [0.15, 0.2) is 32.0 Å². The van der Waals surface area contributed by atoms with E-state index in [9.17, 15) is 21.6 Å². The number of benzene rings is 1. The highest BCUT2D eigenvalue weighted by Gasteiger charge is 2.35. The predicted octanol–water partition coefficient (Wildman–Crippen LogP) is 4.53. The summed E-state index contributed by atoms with van der Waals surface area (Å²) in [5.41, 5.74) is -1.35. The first kappa shape index (κ1) is 21.8. The summed E-state index contributed by atoms with van der Waals surface area (Å²) in [6.45, 7) is 7.16. The molecule has 1 heterocycles. The van der Waals surface area contributed by atoms with Crippen molar-refractivity contribution in [1.82, 2.24) is 14.5 Å². The second-order valence-corrected chi connectivity index (χ2v) is 9.86. The summed E-state index contributed by atoms with van der Waals surface area (Å²) in [6.07, 6.45) is -4.57. The van der Waals surface area contributed by atoms with E-state index in [1.165, 1.54) is 7.05 Å². The Bertz CT molecular complexity index is 936. The van der Waals surface area contributed by atoms with Crippen LogP contribution in [0.2, 0.25) is 0 Å². The quantitative estimate of drug-likeness (QED) is 0.657. The normalized spacial score (nSPS) is 14.6. The summed E-state index contributed by atoms with van der Waals surface area (Å²) in [4.78, 5) is -0.291. The molecule has 2 rings (SSSR count). The van der Waals surface area contributed by atoms with Crippen molar-refractivity contribution in [1.29, 1.82) is 0 Å². The molecule has 0 spiro atoms. The lowest BCUT2D eigenvalue weighted by Crippen LogP contribution is -2.30. The maximum atomic E-state index is 12.9. The molecule has 11 heteroatoms. The second kappa shape index (κ2) is 7.17. The third kappa shape index (κ3) is 4.52. The molecule has 0 N–H and O–H groups in total. The van der Waals surface area contributed by atoms with Crippen molar-refractivity contribution in [2.24, 2.45) is 0 Å². The molecule has 0 saturated heterocycles. The molecule has 2 aromatic rings. The zero-order valence-electron chi connectivity index (χ0n) is 15.3. The van der Waals surface area contributed by atoms with E-state index in [0.717, 1.165) is 22.5 Å². The van der Waals surface area contributed by atoms with Gasteiger partial charge in [0.15, 0.2) is 0 Å². The van der Waals surface area contributed by atoms with Gasteiger partial charge in [0.05, 0.1) is 10.5 Å². The molecule has 0 fully saturated rings. The van der Waals surface area contributed by atoms with Gasteiger partial charge in [-0.2, -0.15) is 17.5 Å². The zero-order valence-corrected chi connectivity index (χ0v) is 17.7. The van der Waals surface area contributed by atoms with E-state index < -0.39 is 33.2 Å². The summed E-state index contributed by atoms with van der Waals surface area (Å²) in [5.74, 6) is 0.444. The molecule has 0 aliphatic carbocycles. The first-order chi connectivity index (χ1) is 12.2. The maximum Gasteiger partial charge on any atom is 0.416 e. The third-order valence-electron chi connectivity index (χ3n) is 3.90. The third-order valence-corrected chi connectivity index (χ3v) is 6.81. The van der Waals surface area contributed by atoms with E-state index in [4.69, 9.17) is 4.42 Å².